The van der Waals surface area contributed by atoms with Crippen LogP contribution < -0.4 is 5.73 Å². The fourth-order valence-corrected chi connectivity index (χ4v) is 9.90. The molecule has 9 nitrogen and oxygen atoms in total. The zero-order valence-corrected chi connectivity index (χ0v) is 54.0. The molecule has 474 valence electrons. The molecule has 0 aromatic rings. The lowest BCUT2D eigenvalue weighted by Gasteiger charge is -2.19. The molecule has 2 atom stereocenters. The van der Waals surface area contributed by atoms with Gasteiger partial charge in [0.05, 0.1) is 13.2 Å². The number of carbonyl (C=O) groups is 2. The molecule has 0 aromatic heterocycles. The lowest BCUT2D eigenvalue weighted by atomic mass is 10.0. The minimum absolute atomic E-state index is 0.0439. The van der Waals surface area contributed by atoms with Gasteiger partial charge in [0.1, 0.15) is 6.61 Å². The summed E-state index contributed by atoms with van der Waals surface area (Å²) in [5, 5.41) is 0. The summed E-state index contributed by atoms with van der Waals surface area (Å²) in [4.78, 5) is 35.3. The topological polar surface area (TPSA) is 134 Å². The number of allylic oxidation sites excluding steroid dienone is 22. The molecule has 0 radical (unpaired) electrons. The zero-order valence-electron chi connectivity index (χ0n) is 53.1. The molecular weight excluding hydrogens is 1050 g/mol. The number of phosphoric acid groups is 1. The number of ether oxygens (including phenoxy) is 2. The number of carbonyl (C=O) groups excluding carboxylic acids is 2. The number of rotatable bonds is 62. The van der Waals surface area contributed by atoms with Gasteiger partial charge in [0.15, 0.2) is 6.10 Å². The van der Waals surface area contributed by atoms with E-state index >= 15 is 0 Å². The number of unbranched alkanes of at least 4 members (excludes halogenated alkanes) is 27. The molecule has 10 heteroatoms. The maximum Gasteiger partial charge on any atom is 0.472 e. The first kappa shape index (κ1) is 79.2. The molecule has 0 spiro atoms. The van der Waals surface area contributed by atoms with Crippen LogP contribution in [0.3, 0.4) is 0 Å². The summed E-state index contributed by atoms with van der Waals surface area (Å²) in [5.41, 5.74) is 5.39. The summed E-state index contributed by atoms with van der Waals surface area (Å²) in [6.45, 7) is 3.50. The molecule has 3 N–H and O–H groups in total. The van der Waals surface area contributed by atoms with Gasteiger partial charge in [-0.15, -0.1) is 0 Å². The SMILES string of the molecule is CC/C=C\C/C=C\C/C=C\C/C=C\C/C=C\C/C=C\CCCCCCC(=O)OC(COC(=O)CCCCCCCCCCCCCCCCCCCCCCCCC/C=C\C/C=C\C/C=C\C/C=C\C/C=C\CC)COP(=O)(O)OCCN. The van der Waals surface area contributed by atoms with E-state index in [1.165, 1.54) is 135 Å². The maximum absolute atomic E-state index is 12.7. The van der Waals surface area contributed by atoms with E-state index in [1.807, 2.05) is 0 Å². The average molecular weight is 1170 g/mol. The minimum Gasteiger partial charge on any atom is -0.462 e. The highest BCUT2D eigenvalue weighted by Crippen LogP contribution is 2.43. The summed E-state index contributed by atoms with van der Waals surface area (Å²) < 4.78 is 33.1. The zero-order chi connectivity index (χ0) is 60.1. The Bertz CT molecular complexity index is 1820. The van der Waals surface area contributed by atoms with E-state index in [9.17, 15) is 19.0 Å². The number of hydrogen-bond donors (Lipinski definition) is 2. The molecule has 0 aliphatic rings. The summed E-state index contributed by atoms with van der Waals surface area (Å²) in [7, 11) is -4.41. The Kier molecular flexibility index (Phi) is 64.2. The Balaban J connectivity index is 3.87. The molecule has 83 heavy (non-hydrogen) atoms. The molecule has 0 rings (SSSR count). The summed E-state index contributed by atoms with van der Waals surface area (Å²) in [6.07, 6.45) is 95.5. The Morgan fingerprint density at radius 3 is 0.928 bits per heavy atom. The third-order valence-electron chi connectivity index (χ3n) is 14.0. The van der Waals surface area contributed by atoms with Gasteiger partial charge in [-0.05, 0) is 109 Å². The molecular formula is C73H124NO8P. The van der Waals surface area contributed by atoms with Crippen LogP contribution in [0.4, 0.5) is 0 Å². The first-order valence-electron chi connectivity index (χ1n) is 33.7. The van der Waals surface area contributed by atoms with Crippen molar-refractivity contribution in [1.82, 2.24) is 0 Å². The lowest BCUT2D eigenvalue weighted by molar-refractivity contribution is -0.161. The predicted octanol–water partition coefficient (Wildman–Crippen LogP) is 22.1. The van der Waals surface area contributed by atoms with Crippen LogP contribution in [-0.4, -0.2) is 49.3 Å². The normalized spacial score (nSPS) is 13.8. The van der Waals surface area contributed by atoms with E-state index in [-0.39, 0.29) is 38.6 Å². The van der Waals surface area contributed by atoms with Crippen molar-refractivity contribution in [2.45, 2.75) is 290 Å². The molecule has 2 unspecified atom stereocenters. The maximum atomic E-state index is 12.7. The van der Waals surface area contributed by atoms with Crippen LogP contribution in [0, 0.1) is 0 Å². The smallest absolute Gasteiger partial charge is 0.462 e. The molecule has 0 aliphatic heterocycles. The van der Waals surface area contributed by atoms with Gasteiger partial charge in [-0.3, -0.25) is 18.6 Å². The number of esters is 2. The molecule has 0 bridgehead atoms. The standard InChI is InChI=1S/C73H124NO8P/c1-3-5-7-9-11-13-15-17-19-21-23-25-27-28-29-30-31-32-33-34-35-36-37-38-39-40-41-42-44-45-47-49-51-53-55-57-59-61-63-65-72(75)79-69-71(70-81-83(77,78)80-68-67-74)82-73(76)66-64-62-60-58-56-54-52-50-48-46-43-26-24-22-20-18-16-14-12-10-8-6-4-2/h5-8,11-14,17-20,23-26,28-29,46,48,52,54,71H,3-4,9-10,15-16,21-22,27,30-45,47,49-51,53,55-70,74H2,1-2H3,(H,77,78)/b7-5-,8-6-,13-11-,14-12-,19-17-,20-18-,25-23-,26-24-,29-28-,48-46-,54-52-. The van der Waals surface area contributed by atoms with Gasteiger partial charge in [0.25, 0.3) is 0 Å². The second kappa shape index (κ2) is 67.3. The van der Waals surface area contributed by atoms with Crippen molar-refractivity contribution in [3.05, 3.63) is 134 Å². The van der Waals surface area contributed by atoms with Gasteiger partial charge in [-0.25, -0.2) is 4.57 Å². The predicted molar refractivity (Wildman–Crippen MR) is 357 cm³/mol. The Morgan fingerprint density at radius 2 is 0.627 bits per heavy atom. The van der Waals surface area contributed by atoms with E-state index in [0.717, 1.165) is 116 Å². The van der Waals surface area contributed by atoms with Crippen LogP contribution in [-0.2, 0) is 32.7 Å². The van der Waals surface area contributed by atoms with E-state index in [4.69, 9.17) is 24.3 Å². The monoisotopic (exact) mass is 1170 g/mol. The van der Waals surface area contributed by atoms with Crippen molar-refractivity contribution in [2.75, 3.05) is 26.4 Å². The van der Waals surface area contributed by atoms with Crippen molar-refractivity contribution in [3.8, 4) is 0 Å². The lowest BCUT2D eigenvalue weighted by Crippen LogP contribution is -2.29. The van der Waals surface area contributed by atoms with Crippen LogP contribution in [0.2, 0.25) is 0 Å². The number of nitrogens with two attached hydrogens (primary N) is 1. The van der Waals surface area contributed by atoms with Crippen molar-refractivity contribution in [2.24, 2.45) is 5.73 Å². The Hall–Kier alpha value is -3.85. The number of phosphoric ester groups is 1. The number of hydrogen-bond acceptors (Lipinski definition) is 8. The highest BCUT2D eigenvalue weighted by atomic mass is 31.2. The van der Waals surface area contributed by atoms with E-state index in [0.29, 0.717) is 6.42 Å². The highest BCUT2D eigenvalue weighted by Gasteiger charge is 2.26. The van der Waals surface area contributed by atoms with Crippen molar-refractivity contribution < 1.29 is 37.6 Å². The van der Waals surface area contributed by atoms with Gasteiger partial charge < -0.3 is 20.1 Å². The molecule has 0 saturated heterocycles. The average Bonchev–Trinajstić information content (AvgIpc) is 3.48. The molecule has 0 fully saturated rings. The van der Waals surface area contributed by atoms with Gasteiger partial charge in [0.2, 0.25) is 0 Å². The first-order valence-corrected chi connectivity index (χ1v) is 35.2. The van der Waals surface area contributed by atoms with Crippen LogP contribution in [0.1, 0.15) is 284 Å². The summed E-state index contributed by atoms with van der Waals surface area (Å²) >= 11 is 0. The van der Waals surface area contributed by atoms with E-state index < -0.39 is 26.5 Å². The summed E-state index contributed by atoms with van der Waals surface area (Å²) in [5.74, 6) is -0.855. The van der Waals surface area contributed by atoms with Gasteiger partial charge in [0, 0.05) is 19.4 Å². The van der Waals surface area contributed by atoms with Crippen molar-refractivity contribution in [1.29, 1.82) is 0 Å². The minimum atomic E-state index is -4.41. The fraction of sp³-hybridized carbons (Fsp3) is 0.671. The van der Waals surface area contributed by atoms with Crippen molar-refractivity contribution >= 4 is 19.8 Å². The van der Waals surface area contributed by atoms with Crippen LogP contribution in [0.15, 0.2) is 134 Å². The molecule has 0 aliphatic carbocycles. The summed E-state index contributed by atoms with van der Waals surface area (Å²) in [6, 6.07) is 0. The largest absolute Gasteiger partial charge is 0.472 e. The van der Waals surface area contributed by atoms with Crippen molar-refractivity contribution in [3.63, 3.8) is 0 Å². The highest BCUT2D eigenvalue weighted by molar-refractivity contribution is 7.47. The molecule has 0 aromatic carbocycles. The Labute approximate surface area is 510 Å². The van der Waals surface area contributed by atoms with Gasteiger partial charge in [-0.1, -0.05) is 295 Å². The fourth-order valence-electron chi connectivity index (χ4n) is 9.14. The molecule has 0 amide bonds. The molecule has 0 heterocycles. The van der Waals surface area contributed by atoms with Gasteiger partial charge in [-0.2, -0.15) is 0 Å². The third kappa shape index (κ3) is 67.2. The van der Waals surface area contributed by atoms with Crippen LogP contribution >= 0.6 is 7.82 Å². The van der Waals surface area contributed by atoms with Crippen LogP contribution in [0.25, 0.3) is 0 Å². The third-order valence-corrected chi connectivity index (χ3v) is 15.0. The second-order valence-corrected chi connectivity index (χ2v) is 23.4. The van der Waals surface area contributed by atoms with Gasteiger partial charge >= 0.3 is 19.8 Å². The Morgan fingerprint density at radius 1 is 0.361 bits per heavy atom. The van der Waals surface area contributed by atoms with E-state index in [2.05, 4.69) is 148 Å². The second-order valence-electron chi connectivity index (χ2n) is 21.9. The van der Waals surface area contributed by atoms with Crippen LogP contribution in [0.5, 0.6) is 0 Å². The first-order chi connectivity index (χ1) is 40.8. The molecule has 0 saturated carbocycles. The van der Waals surface area contributed by atoms with E-state index in [1.54, 1.807) is 0 Å². The quantitative estimate of drug-likeness (QED) is 0.0264.